The van der Waals surface area contributed by atoms with E-state index in [9.17, 15) is 4.79 Å². The lowest BCUT2D eigenvalue weighted by atomic mass is 10.3. The van der Waals surface area contributed by atoms with Gasteiger partial charge in [-0.25, -0.2) is 4.79 Å². The summed E-state index contributed by atoms with van der Waals surface area (Å²) in [5.74, 6) is 0.765. The summed E-state index contributed by atoms with van der Waals surface area (Å²) in [6.07, 6.45) is 0. The van der Waals surface area contributed by atoms with Gasteiger partial charge in [0.2, 0.25) is 0 Å². The number of ether oxygens (including phenoxy) is 1. The van der Waals surface area contributed by atoms with Crippen LogP contribution in [0.3, 0.4) is 0 Å². The predicted octanol–water partition coefficient (Wildman–Crippen LogP) is 3.12. The first-order valence-electron chi connectivity index (χ1n) is 6.43. The second kappa shape index (κ2) is 7.40. The number of benzene rings is 2. The smallest absolute Gasteiger partial charge is 0.319 e. The van der Waals surface area contributed by atoms with Crippen molar-refractivity contribution in [1.82, 2.24) is 5.32 Å². The van der Waals surface area contributed by atoms with Crippen molar-refractivity contribution in [3.63, 3.8) is 0 Å². The number of nitrogens with two attached hydrogens (primary N) is 1. The fraction of sp³-hybridized carbons (Fsp3) is 0.133. The molecule has 0 radical (unpaired) electrons. The van der Waals surface area contributed by atoms with Gasteiger partial charge in [0.15, 0.2) is 0 Å². The third-order valence-corrected chi connectivity index (χ3v) is 2.95. The van der Waals surface area contributed by atoms with Crippen molar-refractivity contribution in [2.24, 2.45) is 0 Å². The topological polar surface area (TPSA) is 76.4 Å². The van der Waals surface area contributed by atoms with Crippen LogP contribution < -0.4 is 21.1 Å². The fourth-order valence-corrected chi connectivity index (χ4v) is 1.89. The Labute approximate surface area is 128 Å². The van der Waals surface area contributed by atoms with Crippen LogP contribution in [-0.2, 0) is 0 Å². The molecule has 0 saturated heterocycles. The number of para-hydroxylation sites is 1. The Balaban J connectivity index is 1.72. The zero-order valence-corrected chi connectivity index (χ0v) is 12.1. The van der Waals surface area contributed by atoms with Gasteiger partial charge in [-0.2, -0.15) is 0 Å². The summed E-state index contributed by atoms with van der Waals surface area (Å²) < 4.78 is 5.46. The van der Waals surface area contributed by atoms with E-state index < -0.39 is 0 Å². The molecular weight excluding hydrogens is 290 g/mol. The number of amides is 2. The lowest BCUT2D eigenvalue weighted by Gasteiger charge is -2.10. The molecule has 2 amide bonds. The Morgan fingerprint density at radius 2 is 1.95 bits per heavy atom. The molecule has 2 aromatic carbocycles. The minimum atomic E-state index is -0.349. The van der Waals surface area contributed by atoms with Gasteiger partial charge in [-0.05, 0) is 30.3 Å². The van der Waals surface area contributed by atoms with E-state index in [0.29, 0.717) is 29.5 Å². The number of nitrogens with one attached hydrogen (secondary N) is 2. The van der Waals surface area contributed by atoms with Gasteiger partial charge in [0.1, 0.15) is 12.4 Å². The first kappa shape index (κ1) is 15.0. The van der Waals surface area contributed by atoms with Gasteiger partial charge >= 0.3 is 6.03 Å². The van der Waals surface area contributed by atoms with Gasteiger partial charge in [-0.15, -0.1) is 0 Å². The van der Waals surface area contributed by atoms with Crippen LogP contribution in [0.4, 0.5) is 16.2 Å². The van der Waals surface area contributed by atoms with Crippen molar-refractivity contribution in [2.45, 2.75) is 0 Å². The summed E-state index contributed by atoms with van der Waals surface area (Å²) in [7, 11) is 0. The Kier molecular flexibility index (Phi) is 5.29. The number of rotatable bonds is 5. The number of anilines is 2. The van der Waals surface area contributed by atoms with E-state index in [0.717, 1.165) is 5.75 Å². The van der Waals surface area contributed by atoms with Crippen molar-refractivity contribution in [3.05, 3.63) is 53.6 Å². The Bertz CT molecular complexity index is 605. The highest BCUT2D eigenvalue weighted by molar-refractivity contribution is 6.34. The van der Waals surface area contributed by atoms with E-state index >= 15 is 0 Å². The standard InChI is InChI=1S/C15H16ClN3O2/c16-13-10-11(17)6-7-14(13)19-15(20)18-8-9-21-12-4-2-1-3-5-12/h1-7,10H,8-9,17H2,(H2,18,19,20). The van der Waals surface area contributed by atoms with E-state index in [-0.39, 0.29) is 6.03 Å². The molecule has 0 aliphatic carbocycles. The van der Waals surface area contributed by atoms with E-state index in [1.165, 1.54) is 0 Å². The second-order valence-corrected chi connectivity index (χ2v) is 4.69. The molecule has 0 unspecified atom stereocenters. The molecule has 0 aliphatic heterocycles. The van der Waals surface area contributed by atoms with Gasteiger partial charge in [-0.3, -0.25) is 0 Å². The van der Waals surface area contributed by atoms with Crippen LogP contribution in [0.5, 0.6) is 5.75 Å². The lowest BCUT2D eigenvalue weighted by molar-refractivity contribution is 0.247. The molecule has 0 bridgehead atoms. The monoisotopic (exact) mass is 305 g/mol. The van der Waals surface area contributed by atoms with E-state index in [1.807, 2.05) is 30.3 Å². The van der Waals surface area contributed by atoms with Crippen molar-refractivity contribution >= 4 is 29.0 Å². The lowest BCUT2D eigenvalue weighted by Crippen LogP contribution is -2.32. The van der Waals surface area contributed by atoms with Gasteiger partial charge < -0.3 is 21.1 Å². The maximum atomic E-state index is 11.7. The number of urea groups is 1. The predicted molar refractivity (Wildman–Crippen MR) is 84.8 cm³/mol. The Hall–Kier alpha value is -2.40. The van der Waals surface area contributed by atoms with E-state index in [4.69, 9.17) is 22.1 Å². The number of halogens is 1. The molecule has 0 saturated carbocycles. The molecule has 0 atom stereocenters. The van der Waals surface area contributed by atoms with Crippen molar-refractivity contribution in [3.8, 4) is 5.75 Å². The quantitative estimate of drug-likeness (QED) is 0.587. The average molecular weight is 306 g/mol. The molecule has 21 heavy (non-hydrogen) atoms. The SMILES string of the molecule is Nc1ccc(NC(=O)NCCOc2ccccc2)c(Cl)c1. The summed E-state index contributed by atoms with van der Waals surface area (Å²) in [6.45, 7) is 0.764. The van der Waals surface area contributed by atoms with Crippen LogP contribution in [0, 0.1) is 0 Å². The zero-order chi connectivity index (χ0) is 15.1. The molecule has 0 aliphatic rings. The van der Waals surface area contributed by atoms with Crippen LogP contribution in [0.15, 0.2) is 48.5 Å². The largest absolute Gasteiger partial charge is 0.492 e. The molecule has 0 spiro atoms. The summed E-state index contributed by atoms with van der Waals surface area (Å²) >= 11 is 5.97. The van der Waals surface area contributed by atoms with Gasteiger partial charge in [0, 0.05) is 5.69 Å². The van der Waals surface area contributed by atoms with Crippen molar-refractivity contribution in [2.75, 3.05) is 24.2 Å². The Morgan fingerprint density at radius 3 is 2.67 bits per heavy atom. The van der Waals surface area contributed by atoms with Crippen LogP contribution in [0.25, 0.3) is 0 Å². The first-order valence-corrected chi connectivity index (χ1v) is 6.80. The fourth-order valence-electron chi connectivity index (χ4n) is 1.65. The molecule has 0 aromatic heterocycles. The van der Waals surface area contributed by atoms with Crippen molar-refractivity contribution in [1.29, 1.82) is 0 Å². The molecule has 2 rings (SSSR count). The number of hydrogen-bond acceptors (Lipinski definition) is 3. The summed E-state index contributed by atoms with van der Waals surface area (Å²) in [5.41, 5.74) is 6.63. The first-order chi connectivity index (χ1) is 10.1. The number of nitrogen functional groups attached to an aromatic ring is 1. The highest BCUT2D eigenvalue weighted by Gasteiger charge is 2.05. The van der Waals surface area contributed by atoms with Crippen LogP contribution in [0.2, 0.25) is 5.02 Å². The summed E-state index contributed by atoms with van der Waals surface area (Å²) in [4.78, 5) is 11.7. The van der Waals surface area contributed by atoms with Gasteiger partial charge in [0.25, 0.3) is 0 Å². The Morgan fingerprint density at radius 1 is 1.19 bits per heavy atom. The zero-order valence-electron chi connectivity index (χ0n) is 11.3. The third kappa shape index (κ3) is 4.89. The van der Waals surface area contributed by atoms with Gasteiger partial charge in [0.05, 0.1) is 17.3 Å². The maximum absolute atomic E-state index is 11.7. The molecule has 2 aromatic rings. The number of carbonyl (C=O) groups is 1. The molecule has 4 N–H and O–H groups in total. The number of carbonyl (C=O) groups excluding carboxylic acids is 1. The highest BCUT2D eigenvalue weighted by atomic mass is 35.5. The summed E-state index contributed by atoms with van der Waals surface area (Å²) in [5, 5.41) is 5.72. The molecule has 0 heterocycles. The molecule has 0 fully saturated rings. The maximum Gasteiger partial charge on any atom is 0.319 e. The van der Waals surface area contributed by atoms with E-state index in [1.54, 1.807) is 18.2 Å². The molecule has 5 nitrogen and oxygen atoms in total. The van der Waals surface area contributed by atoms with Crippen LogP contribution in [-0.4, -0.2) is 19.2 Å². The molecule has 110 valence electrons. The minimum absolute atomic E-state index is 0.349. The normalized spacial score (nSPS) is 9.95. The third-order valence-electron chi connectivity index (χ3n) is 2.64. The van der Waals surface area contributed by atoms with Gasteiger partial charge in [-0.1, -0.05) is 29.8 Å². The molecule has 6 heteroatoms. The average Bonchev–Trinajstić information content (AvgIpc) is 2.48. The highest BCUT2D eigenvalue weighted by Crippen LogP contribution is 2.23. The number of hydrogen-bond donors (Lipinski definition) is 3. The minimum Gasteiger partial charge on any atom is -0.492 e. The van der Waals surface area contributed by atoms with E-state index in [2.05, 4.69) is 10.6 Å². The van der Waals surface area contributed by atoms with Crippen LogP contribution >= 0.6 is 11.6 Å². The molecular formula is C15H16ClN3O2. The van der Waals surface area contributed by atoms with Crippen LogP contribution in [0.1, 0.15) is 0 Å². The van der Waals surface area contributed by atoms with Crippen molar-refractivity contribution < 1.29 is 9.53 Å². The summed E-state index contributed by atoms with van der Waals surface area (Å²) in [6, 6.07) is 13.9. The second-order valence-electron chi connectivity index (χ2n) is 4.28.